The van der Waals surface area contributed by atoms with E-state index in [-0.39, 0.29) is 18.1 Å². The maximum absolute atomic E-state index is 11.9. The summed E-state index contributed by atoms with van der Waals surface area (Å²) < 4.78 is 5.38. The highest BCUT2D eigenvalue weighted by Gasteiger charge is 2.31. The molecule has 1 aliphatic rings. The van der Waals surface area contributed by atoms with Gasteiger partial charge in [-0.2, -0.15) is 0 Å². The molecule has 6 heteroatoms. The Kier molecular flexibility index (Phi) is 4.92. The van der Waals surface area contributed by atoms with Crippen molar-refractivity contribution in [1.82, 2.24) is 10.2 Å². The summed E-state index contributed by atoms with van der Waals surface area (Å²) in [6.45, 7) is 1.41. The summed E-state index contributed by atoms with van der Waals surface area (Å²) in [6, 6.07) is 13.5. The van der Waals surface area contributed by atoms with Crippen LogP contribution in [0, 0.1) is 0 Å². The van der Waals surface area contributed by atoms with Gasteiger partial charge in [-0.25, -0.2) is 4.79 Å². The monoisotopic (exact) mass is 330 g/mol. The van der Waals surface area contributed by atoms with Crippen LogP contribution in [0.25, 0.3) is 0 Å². The molecular weight excluding hydrogens is 312 g/mol. The smallest absolute Gasteiger partial charge is 0.410 e. The average Bonchev–Trinajstić information content (AvgIpc) is 3.18. The topological polar surface area (TPSA) is 58.6 Å². The Morgan fingerprint density at radius 2 is 2.09 bits per heavy atom. The molecule has 1 aromatic heterocycles. The fraction of sp³-hybridized carbons (Fsp3) is 0.294. The van der Waals surface area contributed by atoms with Gasteiger partial charge in [0.1, 0.15) is 6.10 Å². The molecule has 1 atom stereocenters. The van der Waals surface area contributed by atoms with E-state index in [9.17, 15) is 9.59 Å². The van der Waals surface area contributed by atoms with Crippen molar-refractivity contribution in [2.24, 2.45) is 0 Å². The molecule has 0 spiro atoms. The molecule has 0 aliphatic carbocycles. The van der Waals surface area contributed by atoms with Crippen LogP contribution >= 0.6 is 11.3 Å². The molecule has 0 radical (unpaired) electrons. The standard InChI is InChI=1S/C17H18N2O3S/c20-16(11-14-7-4-10-23-14)18-8-9-19-12-15(22-17(19)21)13-5-2-1-3-6-13/h1-7,10,15H,8-9,11-12H2,(H,18,20). The van der Waals surface area contributed by atoms with E-state index in [0.717, 1.165) is 10.4 Å². The first kappa shape index (κ1) is 15.6. The molecule has 1 saturated heterocycles. The SMILES string of the molecule is O=C(Cc1cccs1)NCCN1CC(c2ccccc2)OC1=O. The first-order chi connectivity index (χ1) is 11.2. The summed E-state index contributed by atoms with van der Waals surface area (Å²) in [5.74, 6) is -0.0281. The van der Waals surface area contributed by atoms with Gasteiger partial charge in [0.2, 0.25) is 5.91 Å². The van der Waals surface area contributed by atoms with Crippen LogP contribution < -0.4 is 5.32 Å². The van der Waals surface area contributed by atoms with Crippen LogP contribution in [0.4, 0.5) is 4.79 Å². The normalized spacial score (nSPS) is 17.1. The Balaban J connectivity index is 1.44. The highest BCUT2D eigenvalue weighted by molar-refractivity contribution is 7.10. The molecule has 3 rings (SSSR count). The molecule has 23 heavy (non-hydrogen) atoms. The zero-order chi connectivity index (χ0) is 16.1. The molecule has 1 aliphatic heterocycles. The lowest BCUT2D eigenvalue weighted by Gasteiger charge is -2.13. The summed E-state index contributed by atoms with van der Waals surface area (Å²) in [6.07, 6.45) is -0.175. The lowest BCUT2D eigenvalue weighted by atomic mass is 10.1. The third-order valence-electron chi connectivity index (χ3n) is 3.68. The fourth-order valence-corrected chi connectivity index (χ4v) is 3.20. The Bertz CT molecular complexity index is 658. The highest BCUT2D eigenvalue weighted by Crippen LogP contribution is 2.25. The number of thiophene rings is 1. The van der Waals surface area contributed by atoms with Crippen LogP contribution in [0.1, 0.15) is 16.5 Å². The van der Waals surface area contributed by atoms with Crippen LogP contribution in [0.5, 0.6) is 0 Å². The number of hydrogen-bond acceptors (Lipinski definition) is 4. The van der Waals surface area contributed by atoms with Gasteiger partial charge in [-0.05, 0) is 17.0 Å². The number of carbonyl (C=O) groups is 2. The van der Waals surface area contributed by atoms with E-state index >= 15 is 0 Å². The van der Waals surface area contributed by atoms with Gasteiger partial charge >= 0.3 is 6.09 Å². The van der Waals surface area contributed by atoms with Gasteiger partial charge in [0.05, 0.1) is 13.0 Å². The molecule has 5 nitrogen and oxygen atoms in total. The van der Waals surface area contributed by atoms with Crippen LogP contribution in [0.3, 0.4) is 0 Å². The van der Waals surface area contributed by atoms with Crippen molar-refractivity contribution in [3.8, 4) is 0 Å². The van der Waals surface area contributed by atoms with Crippen molar-refractivity contribution in [1.29, 1.82) is 0 Å². The Hall–Kier alpha value is -2.34. The second-order valence-electron chi connectivity index (χ2n) is 5.34. The van der Waals surface area contributed by atoms with Crippen molar-refractivity contribution in [3.63, 3.8) is 0 Å². The lowest BCUT2D eigenvalue weighted by Crippen LogP contribution is -2.36. The third kappa shape index (κ3) is 4.10. The largest absolute Gasteiger partial charge is 0.439 e. The second-order valence-corrected chi connectivity index (χ2v) is 6.37. The van der Waals surface area contributed by atoms with Crippen molar-refractivity contribution in [3.05, 3.63) is 58.3 Å². The van der Waals surface area contributed by atoms with Gasteiger partial charge in [0.15, 0.2) is 0 Å². The van der Waals surface area contributed by atoms with Gasteiger partial charge in [-0.3, -0.25) is 4.79 Å². The number of cyclic esters (lactones) is 1. The third-order valence-corrected chi connectivity index (χ3v) is 4.55. The van der Waals surface area contributed by atoms with E-state index in [4.69, 9.17) is 4.74 Å². The number of rotatable bonds is 6. The van der Waals surface area contributed by atoms with Gasteiger partial charge in [0.25, 0.3) is 0 Å². The number of benzene rings is 1. The second kappa shape index (κ2) is 7.28. The van der Waals surface area contributed by atoms with E-state index in [1.807, 2.05) is 47.8 Å². The zero-order valence-corrected chi connectivity index (χ0v) is 13.4. The van der Waals surface area contributed by atoms with E-state index in [1.165, 1.54) is 0 Å². The lowest BCUT2D eigenvalue weighted by molar-refractivity contribution is -0.120. The van der Waals surface area contributed by atoms with Crippen molar-refractivity contribution < 1.29 is 14.3 Å². The maximum Gasteiger partial charge on any atom is 0.410 e. The van der Waals surface area contributed by atoms with Crippen molar-refractivity contribution >= 4 is 23.3 Å². The van der Waals surface area contributed by atoms with Crippen molar-refractivity contribution in [2.45, 2.75) is 12.5 Å². The molecule has 0 bridgehead atoms. The quantitative estimate of drug-likeness (QED) is 0.886. The van der Waals surface area contributed by atoms with Gasteiger partial charge in [-0.15, -0.1) is 11.3 Å². The maximum atomic E-state index is 11.9. The molecule has 1 aromatic carbocycles. The molecule has 120 valence electrons. The molecule has 2 heterocycles. The van der Waals surface area contributed by atoms with Gasteiger partial charge in [-0.1, -0.05) is 36.4 Å². The Labute approximate surface area is 138 Å². The molecule has 2 amide bonds. The van der Waals surface area contributed by atoms with Crippen molar-refractivity contribution in [2.75, 3.05) is 19.6 Å². The predicted octanol–water partition coefficient (Wildman–Crippen LogP) is 2.60. The molecule has 2 aromatic rings. The Morgan fingerprint density at radius 3 is 2.83 bits per heavy atom. The minimum atomic E-state index is -0.327. The molecule has 1 unspecified atom stereocenters. The Morgan fingerprint density at radius 1 is 1.26 bits per heavy atom. The van der Waals surface area contributed by atoms with Crippen LogP contribution in [-0.2, 0) is 16.0 Å². The summed E-state index contributed by atoms with van der Waals surface area (Å²) in [7, 11) is 0. The predicted molar refractivity (Wildman–Crippen MR) is 88.3 cm³/mol. The van der Waals surface area contributed by atoms with E-state index < -0.39 is 0 Å². The van der Waals surface area contributed by atoms with Crippen LogP contribution in [0.2, 0.25) is 0 Å². The minimum absolute atomic E-state index is 0.0281. The number of nitrogens with zero attached hydrogens (tertiary/aromatic N) is 1. The van der Waals surface area contributed by atoms with Crippen LogP contribution in [-0.4, -0.2) is 36.5 Å². The summed E-state index contributed by atoms with van der Waals surface area (Å²) in [5, 5.41) is 4.79. The number of carbonyl (C=O) groups excluding carboxylic acids is 2. The molecule has 1 fully saturated rings. The molecular formula is C17H18N2O3S. The minimum Gasteiger partial charge on any atom is -0.439 e. The van der Waals surface area contributed by atoms with E-state index in [0.29, 0.717) is 26.1 Å². The van der Waals surface area contributed by atoms with Crippen LogP contribution in [0.15, 0.2) is 47.8 Å². The first-order valence-corrected chi connectivity index (χ1v) is 8.40. The number of amides is 2. The van der Waals surface area contributed by atoms with Gasteiger partial charge in [0, 0.05) is 18.0 Å². The highest BCUT2D eigenvalue weighted by atomic mass is 32.1. The van der Waals surface area contributed by atoms with E-state index in [1.54, 1.807) is 16.2 Å². The molecule has 0 saturated carbocycles. The van der Waals surface area contributed by atoms with E-state index in [2.05, 4.69) is 5.32 Å². The first-order valence-electron chi connectivity index (χ1n) is 7.52. The summed E-state index contributed by atoms with van der Waals surface area (Å²) in [5.41, 5.74) is 0.991. The summed E-state index contributed by atoms with van der Waals surface area (Å²) >= 11 is 1.56. The summed E-state index contributed by atoms with van der Waals surface area (Å²) in [4.78, 5) is 26.4. The average molecular weight is 330 g/mol. The fourth-order valence-electron chi connectivity index (χ4n) is 2.50. The van der Waals surface area contributed by atoms with Gasteiger partial charge < -0.3 is 15.0 Å². The number of ether oxygens (including phenoxy) is 1. The molecule has 1 N–H and O–H groups in total. The number of hydrogen-bond donors (Lipinski definition) is 1. The zero-order valence-electron chi connectivity index (χ0n) is 12.6. The number of nitrogens with one attached hydrogen (secondary N) is 1.